The van der Waals surface area contributed by atoms with E-state index in [4.69, 9.17) is 9.41 Å². The zero-order chi connectivity index (χ0) is 19.5. The summed E-state index contributed by atoms with van der Waals surface area (Å²) in [5.74, 6) is 0.788. The summed E-state index contributed by atoms with van der Waals surface area (Å²) in [7, 11) is 0. The summed E-state index contributed by atoms with van der Waals surface area (Å²) in [6.07, 6.45) is 1.63. The number of benzene rings is 2. The van der Waals surface area contributed by atoms with E-state index < -0.39 is 0 Å². The molecule has 4 aromatic rings. The van der Waals surface area contributed by atoms with Crippen molar-refractivity contribution in [2.45, 2.75) is 13.5 Å². The first-order valence-electron chi connectivity index (χ1n) is 8.68. The fourth-order valence-electron chi connectivity index (χ4n) is 2.93. The number of thiazole rings is 1. The van der Waals surface area contributed by atoms with Gasteiger partial charge in [-0.05, 0) is 30.7 Å². The molecule has 0 atom stereocenters. The lowest BCUT2D eigenvalue weighted by atomic mass is 10.1. The Bertz CT molecular complexity index is 1190. The zero-order valence-corrected chi connectivity index (χ0v) is 15.9. The second-order valence-electron chi connectivity index (χ2n) is 6.27. The van der Waals surface area contributed by atoms with Gasteiger partial charge in [-0.15, -0.1) is 11.3 Å². The van der Waals surface area contributed by atoms with Crippen LogP contribution in [0, 0.1) is 17.0 Å². The molecule has 0 radical (unpaired) electrons. The molecule has 140 valence electrons. The molecule has 0 unspecified atom stereocenters. The maximum atomic E-state index is 11.2. The maximum absolute atomic E-state index is 11.2. The molecule has 0 aliphatic rings. The lowest BCUT2D eigenvalue weighted by Crippen LogP contribution is -2.16. The third-order valence-corrected chi connectivity index (χ3v) is 5.24. The lowest BCUT2D eigenvalue weighted by molar-refractivity contribution is -0.384. The van der Waals surface area contributed by atoms with Gasteiger partial charge in [0.25, 0.3) is 5.69 Å². The Morgan fingerprint density at radius 3 is 2.75 bits per heavy atom. The van der Waals surface area contributed by atoms with Gasteiger partial charge in [-0.2, -0.15) is 0 Å². The van der Waals surface area contributed by atoms with Crippen molar-refractivity contribution in [1.29, 1.82) is 0 Å². The van der Waals surface area contributed by atoms with Crippen LogP contribution < -0.4 is 4.80 Å². The fourth-order valence-corrected chi connectivity index (χ4v) is 3.85. The molecule has 0 saturated heterocycles. The predicted molar refractivity (Wildman–Crippen MR) is 109 cm³/mol. The van der Waals surface area contributed by atoms with E-state index in [1.807, 2.05) is 59.3 Å². The summed E-state index contributed by atoms with van der Waals surface area (Å²) in [6, 6.07) is 18.3. The third kappa shape index (κ3) is 3.65. The lowest BCUT2D eigenvalue weighted by Gasteiger charge is -2.08. The smallest absolute Gasteiger partial charge is 0.270 e. The molecule has 7 heteroatoms. The van der Waals surface area contributed by atoms with Crippen LogP contribution in [-0.2, 0) is 6.54 Å². The van der Waals surface area contributed by atoms with Crippen LogP contribution in [0.3, 0.4) is 0 Å². The highest BCUT2D eigenvalue weighted by molar-refractivity contribution is 7.07. The van der Waals surface area contributed by atoms with Crippen LogP contribution in [0.4, 0.5) is 11.4 Å². The van der Waals surface area contributed by atoms with Crippen LogP contribution in [0.1, 0.15) is 11.3 Å². The summed E-state index contributed by atoms with van der Waals surface area (Å²) in [4.78, 5) is 16.4. The summed E-state index contributed by atoms with van der Waals surface area (Å²) >= 11 is 1.50. The largest absolute Gasteiger partial charge is 0.467 e. The summed E-state index contributed by atoms with van der Waals surface area (Å²) < 4.78 is 7.55. The Balaban J connectivity index is 1.88. The van der Waals surface area contributed by atoms with Crippen LogP contribution >= 0.6 is 11.3 Å². The number of nitro groups is 1. The van der Waals surface area contributed by atoms with Crippen LogP contribution in [-0.4, -0.2) is 9.49 Å². The molecule has 6 nitrogen and oxygen atoms in total. The molecule has 0 saturated carbocycles. The van der Waals surface area contributed by atoms with E-state index in [1.165, 1.54) is 17.4 Å². The number of furan rings is 1. The van der Waals surface area contributed by atoms with Crippen molar-refractivity contribution < 1.29 is 9.34 Å². The number of para-hydroxylation sites is 1. The molecule has 28 heavy (non-hydrogen) atoms. The zero-order valence-electron chi connectivity index (χ0n) is 15.1. The topological polar surface area (TPSA) is 73.6 Å². The number of aromatic nitrogens is 1. The number of hydrogen-bond donors (Lipinski definition) is 0. The van der Waals surface area contributed by atoms with Crippen molar-refractivity contribution in [2.24, 2.45) is 4.99 Å². The van der Waals surface area contributed by atoms with Crippen LogP contribution in [0.2, 0.25) is 0 Å². The van der Waals surface area contributed by atoms with E-state index in [2.05, 4.69) is 0 Å². The standard InChI is InChI=1S/C21H17N3O3S/c1-15-6-2-3-10-19(15)22-21-23(13-18-9-5-11-27-18)20(14-28-21)16-7-4-8-17(12-16)24(25)26/h2-12,14H,13H2,1H3. The van der Waals surface area contributed by atoms with Gasteiger partial charge >= 0.3 is 0 Å². The first-order valence-corrected chi connectivity index (χ1v) is 9.56. The quantitative estimate of drug-likeness (QED) is 0.342. The van der Waals surface area contributed by atoms with E-state index in [0.717, 1.165) is 33.1 Å². The van der Waals surface area contributed by atoms with Crippen molar-refractivity contribution in [1.82, 2.24) is 4.57 Å². The molecule has 2 aromatic carbocycles. The number of aryl methyl sites for hydroxylation is 1. The van der Waals surface area contributed by atoms with Crippen molar-refractivity contribution in [3.8, 4) is 11.3 Å². The van der Waals surface area contributed by atoms with Gasteiger partial charge in [0, 0.05) is 23.1 Å². The highest BCUT2D eigenvalue weighted by Crippen LogP contribution is 2.26. The van der Waals surface area contributed by atoms with Crippen LogP contribution in [0.25, 0.3) is 11.3 Å². The molecule has 4 rings (SSSR count). The summed E-state index contributed by atoms with van der Waals surface area (Å²) in [6.45, 7) is 2.50. The highest BCUT2D eigenvalue weighted by Gasteiger charge is 2.13. The van der Waals surface area contributed by atoms with Gasteiger partial charge in [-0.1, -0.05) is 30.3 Å². The predicted octanol–water partition coefficient (Wildman–Crippen LogP) is 5.31. The van der Waals surface area contributed by atoms with Crippen LogP contribution in [0.15, 0.2) is 81.7 Å². The Morgan fingerprint density at radius 1 is 1.14 bits per heavy atom. The summed E-state index contributed by atoms with van der Waals surface area (Å²) in [5, 5.41) is 13.1. The SMILES string of the molecule is Cc1ccccc1N=c1scc(-c2cccc([N+](=O)[O-])c2)n1Cc1ccco1. The molecule has 0 spiro atoms. The minimum absolute atomic E-state index is 0.0608. The monoisotopic (exact) mass is 391 g/mol. The minimum Gasteiger partial charge on any atom is -0.467 e. The first-order chi connectivity index (χ1) is 13.6. The number of non-ortho nitro benzene ring substituents is 1. The van der Waals surface area contributed by atoms with E-state index >= 15 is 0 Å². The third-order valence-electron chi connectivity index (χ3n) is 4.38. The number of nitrogens with zero attached hydrogens (tertiary/aromatic N) is 3. The van der Waals surface area contributed by atoms with Gasteiger partial charge in [0.1, 0.15) is 5.76 Å². The van der Waals surface area contributed by atoms with Gasteiger partial charge < -0.3 is 8.98 Å². The molecule has 2 aromatic heterocycles. The van der Waals surface area contributed by atoms with Crippen molar-refractivity contribution >= 4 is 22.7 Å². The minimum atomic E-state index is -0.384. The van der Waals surface area contributed by atoms with Crippen molar-refractivity contribution in [2.75, 3.05) is 0 Å². The molecule has 2 heterocycles. The Kier molecular flexibility index (Phi) is 4.90. The Morgan fingerprint density at radius 2 is 2.00 bits per heavy atom. The van der Waals surface area contributed by atoms with E-state index in [0.29, 0.717) is 6.54 Å². The van der Waals surface area contributed by atoms with Crippen LogP contribution in [0.5, 0.6) is 0 Å². The average Bonchev–Trinajstić information content (AvgIpc) is 3.35. The average molecular weight is 391 g/mol. The highest BCUT2D eigenvalue weighted by atomic mass is 32.1. The normalized spacial score (nSPS) is 11.7. The van der Waals surface area contributed by atoms with Crippen molar-refractivity contribution in [3.05, 3.63) is 98.5 Å². The summed E-state index contributed by atoms with van der Waals surface area (Å²) in [5.41, 5.74) is 3.66. The number of hydrogen-bond acceptors (Lipinski definition) is 5. The Labute approximate surface area is 165 Å². The number of nitro benzene ring substituents is 1. The molecular weight excluding hydrogens is 374 g/mol. The van der Waals surface area contributed by atoms with Gasteiger partial charge in [0.05, 0.1) is 29.1 Å². The van der Waals surface area contributed by atoms with E-state index in [9.17, 15) is 10.1 Å². The van der Waals surface area contributed by atoms with Gasteiger partial charge in [-0.3, -0.25) is 10.1 Å². The molecule has 0 amide bonds. The molecular formula is C21H17N3O3S. The molecule has 0 aliphatic carbocycles. The fraction of sp³-hybridized carbons (Fsp3) is 0.0952. The van der Waals surface area contributed by atoms with Gasteiger partial charge in [0.2, 0.25) is 0 Å². The molecule has 0 N–H and O–H groups in total. The van der Waals surface area contributed by atoms with Gasteiger partial charge in [-0.25, -0.2) is 4.99 Å². The first kappa shape index (κ1) is 17.9. The van der Waals surface area contributed by atoms with Crippen molar-refractivity contribution in [3.63, 3.8) is 0 Å². The number of rotatable bonds is 5. The molecule has 0 aliphatic heterocycles. The second kappa shape index (κ2) is 7.66. The molecule has 0 fully saturated rings. The maximum Gasteiger partial charge on any atom is 0.270 e. The van der Waals surface area contributed by atoms with E-state index in [-0.39, 0.29) is 10.6 Å². The second-order valence-corrected chi connectivity index (χ2v) is 7.11. The van der Waals surface area contributed by atoms with E-state index in [1.54, 1.807) is 18.4 Å². The van der Waals surface area contributed by atoms with Gasteiger partial charge in [0.15, 0.2) is 4.80 Å². The molecule has 0 bridgehead atoms. The Hall–Kier alpha value is -3.45.